The molecule has 0 aliphatic carbocycles. The van der Waals surface area contributed by atoms with Crippen LogP contribution in [0.15, 0.2) is 41.9 Å². The Morgan fingerprint density at radius 3 is 2.27 bits per heavy atom. The molecular formula is C12H13F2N. The van der Waals surface area contributed by atoms with Crippen molar-refractivity contribution in [1.29, 1.82) is 0 Å². The van der Waals surface area contributed by atoms with Gasteiger partial charge in [0, 0.05) is 18.2 Å². The molecule has 0 saturated heterocycles. The van der Waals surface area contributed by atoms with Gasteiger partial charge in [0.25, 0.3) is 5.92 Å². The molecule has 0 radical (unpaired) electrons. The highest BCUT2D eigenvalue weighted by molar-refractivity contribution is 5.94. The lowest BCUT2D eigenvalue weighted by Gasteiger charge is -2.09. The molecule has 15 heavy (non-hydrogen) atoms. The second-order valence-electron chi connectivity index (χ2n) is 3.39. The van der Waals surface area contributed by atoms with Gasteiger partial charge in [0.1, 0.15) is 0 Å². The monoisotopic (exact) mass is 209 g/mol. The molecule has 0 aliphatic rings. The third kappa shape index (κ3) is 3.27. The van der Waals surface area contributed by atoms with Crippen molar-refractivity contribution in [3.63, 3.8) is 0 Å². The Hall–Kier alpha value is -1.51. The quantitative estimate of drug-likeness (QED) is 0.665. The molecule has 3 heteroatoms. The second kappa shape index (κ2) is 4.34. The average Bonchev–Trinajstić information content (AvgIpc) is 2.17. The van der Waals surface area contributed by atoms with Gasteiger partial charge in [-0.2, -0.15) is 0 Å². The first-order chi connectivity index (χ1) is 6.93. The maximum Gasteiger partial charge on any atom is 0.270 e. The van der Waals surface area contributed by atoms with Gasteiger partial charge in [-0.15, -0.1) is 0 Å². The molecule has 0 amide bonds. The van der Waals surface area contributed by atoms with Gasteiger partial charge < -0.3 is 0 Å². The Kier molecular flexibility index (Phi) is 3.35. The molecule has 1 aromatic rings. The van der Waals surface area contributed by atoms with Gasteiger partial charge in [-0.25, -0.2) is 8.78 Å². The van der Waals surface area contributed by atoms with Crippen LogP contribution < -0.4 is 0 Å². The first-order valence-corrected chi connectivity index (χ1v) is 4.59. The molecule has 0 aromatic heterocycles. The summed E-state index contributed by atoms with van der Waals surface area (Å²) in [4.78, 5) is 4.15. The highest BCUT2D eigenvalue weighted by atomic mass is 19.3. The largest absolute Gasteiger partial charge is 0.270 e. The summed E-state index contributed by atoms with van der Waals surface area (Å²) in [6, 6.07) is 5.91. The fraction of sp³-hybridized carbons (Fsp3) is 0.250. The summed E-state index contributed by atoms with van der Waals surface area (Å²) in [5, 5.41) is 0. The van der Waals surface area contributed by atoms with Crippen LogP contribution in [0.3, 0.4) is 0 Å². The van der Waals surface area contributed by atoms with E-state index in [2.05, 4.69) is 11.6 Å². The van der Waals surface area contributed by atoms with Crippen LogP contribution in [0.5, 0.6) is 0 Å². The van der Waals surface area contributed by atoms with Crippen molar-refractivity contribution in [1.82, 2.24) is 0 Å². The highest BCUT2D eigenvalue weighted by Crippen LogP contribution is 2.28. The zero-order valence-electron chi connectivity index (χ0n) is 8.80. The Morgan fingerprint density at radius 1 is 1.33 bits per heavy atom. The SMILES string of the molecule is C=CC(C)=Nc1ccc(C(C)(F)F)cc1. The predicted octanol–water partition coefficient (Wildman–Crippen LogP) is 4.08. The Labute approximate surface area is 88.2 Å². The molecule has 1 aromatic carbocycles. The van der Waals surface area contributed by atoms with Crippen molar-refractivity contribution in [2.75, 3.05) is 0 Å². The molecule has 1 nitrogen and oxygen atoms in total. The summed E-state index contributed by atoms with van der Waals surface area (Å²) < 4.78 is 25.7. The normalized spacial score (nSPS) is 12.7. The van der Waals surface area contributed by atoms with E-state index in [4.69, 9.17) is 0 Å². The fourth-order valence-electron chi connectivity index (χ4n) is 1.08. The van der Waals surface area contributed by atoms with Gasteiger partial charge in [0.05, 0.1) is 5.69 Å². The third-order valence-electron chi connectivity index (χ3n) is 1.98. The van der Waals surface area contributed by atoms with E-state index in [0.717, 1.165) is 12.6 Å². The summed E-state index contributed by atoms with van der Waals surface area (Å²) in [6.07, 6.45) is 1.61. The van der Waals surface area contributed by atoms with Gasteiger partial charge >= 0.3 is 0 Å². The van der Waals surface area contributed by atoms with E-state index in [1.54, 1.807) is 25.1 Å². The van der Waals surface area contributed by atoms with E-state index >= 15 is 0 Å². The first-order valence-electron chi connectivity index (χ1n) is 4.59. The van der Waals surface area contributed by atoms with Crippen LogP contribution in [0.1, 0.15) is 19.4 Å². The molecule has 0 bridgehead atoms. The van der Waals surface area contributed by atoms with Crippen molar-refractivity contribution >= 4 is 11.4 Å². The molecule has 0 saturated carbocycles. The lowest BCUT2D eigenvalue weighted by molar-refractivity contribution is 0.0175. The maximum atomic E-state index is 12.9. The zero-order chi connectivity index (χ0) is 11.5. The number of nitrogens with zero attached hydrogens (tertiary/aromatic N) is 1. The van der Waals surface area contributed by atoms with Crippen LogP contribution >= 0.6 is 0 Å². The van der Waals surface area contributed by atoms with Crippen LogP contribution in [-0.4, -0.2) is 5.71 Å². The average molecular weight is 209 g/mol. The van der Waals surface area contributed by atoms with Crippen LogP contribution in [0.25, 0.3) is 0 Å². The first kappa shape index (κ1) is 11.6. The van der Waals surface area contributed by atoms with E-state index in [1.165, 1.54) is 12.1 Å². The number of rotatable bonds is 3. The number of aliphatic imine (C=N–C) groups is 1. The second-order valence-corrected chi connectivity index (χ2v) is 3.39. The van der Waals surface area contributed by atoms with E-state index in [9.17, 15) is 8.78 Å². The van der Waals surface area contributed by atoms with Crippen LogP contribution in [0.2, 0.25) is 0 Å². The Bertz CT molecular complexity index is 372. The van der Waals surface area contributed by atoms with E-state index in [0.29, 0.717) is 5.69 Å². The van der Waals surface area contributed by atoms with Crippen molar-refractivity contribution in [3.05, 3.63) is 42.5 Å². The molecule has 0 N–H and O–H groups in total. The molecule has 0 fully saturated rings. The van der Waals surface area contributed by atoms with Gasteiger partial charge in [-0.3, -0.25) is 4.99 Å². The minimum Gasteiger partial charge on any atom is -0.254 e. The minimum absolute atomic E-state index is 0.00212. The lowest BCUT2D eigenvalue weighted by atomic mass is 10.1. The fourth-order valence-corrected chi connectivity index (χ4v) is 1.08. The molecule has 0 spiro atoms. The molecule has 0 unspecified atom stereocenters. The lowest BCUT2D eigenvalue weighted by Crippen LogP contribution is -2.05. The highest BCUT2D eigenvalue weighted by Gasteiger charge is 2.23. The molecule has 80 valence electrons. The number of halogens is 2. The van der Waals surface area contributed by atoms with E-state index < -0.39 is 5.92 Å². The van der Waals surface area contributed by atoms with Crippen molar-refractivity contribution in [3.8, 4) is 0 Å². The number of allylic oxidation sites excluding steroid dienone is 1. The Morgan fingerprint density at radius 2 is 1.87 bits per heavy atom. The van der Waals surface area contributed by atoms with Crippen molar-refractivity contribution in [2.24, 2.45) is 4.99 Å². The minimum atomic E-state index is -2.80. The topological polar surface area (TPSA) is 12.4 Å². The van der Waals surface area contributed by atoms with Crippen LogP contribution in [0.4, 0.5) is 14.5 Å². The van der Waals surface area contributed by atoms with E-state index in [1.807, 2.05) is 0 Å². The summed E-state index contributed by atoms with van der Waals surface area (Å²) >= 11 is 0. The number of hydrogen-bond donors (Lipinski definition) is 0. The van der Waals surface area contributed by atoms with Gasteiger partial charge in [0.15, 0.2) is 0 Å². The van der Waals surface area contributed by atoms with Crippen molar-refractivity contribution in [2.45, 2.75) is 19.8 Å². The van der Waals surface area contributed by atoms with Gasteiger partial charge in [-0.1, -0.05) is 18.7 Å². The van der Waals surface area contributed by atoms with Crippen LogP contribution in [-0.2, 0) is 5.92 Å². The maximum absolute atomic E-state index is 12.9. The molecule has 0 heterocycles. The zero-order valence-corrected chi connectivity index (χ0v) is 8.80. The molecular weight excluding hydrogens is 196 g/mol. The summed E-state index contributed by atoms with van der Waals surface area (Å²) in [5.41, 5.74) is 1.41. The van der Waals surface area contributed by atoms with Gasteiger partial charge in [0.2, 0.25) is 0 Å². The summed E-state index contributed by atoms with van der Waals surface area (Å²) in [6.45, 7) is 6.24. The predicted molar refractivity (Wildman–Crippen MR) is 59.0 cm³/mol. The number of hydrogen-bond acceptors (Lipinski definition) is 1. The van der Waals surface area contributed by atoms with Crippen LogP contribution in [0, 0.1) is 0 Å². The third-order valence-corrected chi connectivity index (χ3v) is 1.98. The Balaban J connectivity index is 2.96. The van der Waals surface area contributed by atoms with Gasteiger partial charge in [-0.05, 0) is 25.1 Å². The smallest absolute Gasteiger partial charge is 0.254 e. The molecule has 0 aliphatic heterocycles. The number of benzene rings is 1. The molecule has 1 rings (SSSR count). The van der Waals surface area contributed by atoms with E-state index in [-0.39, 0.29) is 5.56 Å². The summed E-state index contributed by atoms with van der Waals surface area (Å²) in [5.74, 6) is -2.80. The standard InChI is InChI=1S/C12H13F2N/c1-4-9(2)15-11-7-5-10(6-8-11)12(3,13)14/h4-8H,1H2,2-3H3. The number of alkyl halides is 2. The van der Waals surface area contributed by atoms with Crippen molar-refractivity contribution < 1.29 is 8.78 Å². The summed E-state index contributed by atoms with van der Waals surface area (Å²) in [7, 11) is 0. The molecule has 0 atom stereocenters.